The van der Waals surface area contributed by atoms with Crippen molar-refractivity contribution in [2.75, 3.05) is 40.3 Å². The van der Waals surface area contributed by atoms with E-state index >= 15 is 0 Å². The van der Waals surface area contributed by atoms with Gasteiger partial charge in [-0.1, -0.05) is 18.2 Å². The summed E-state index contributed by atoms with van der Waals surface area (Å²) in [5, 5.41) is 0. The van der Waals surface area contributed by atoms with Crippen molar-refractivity contribution in [2.24, 2.45) is 5.92 Å². The molecule has 1 aromatic heterocycles. The molecule has 4 heteroatoms. The van der Waals surface area contributed by atoms with Crippen LogP contribution < -0.4 is 4.74 Å². The molecule has 136 valence electrons. The standard InChI is InChI=1S/C21H30N2O2/c1-22(16-19-10-14-25-17-19)15-18-7-11-23(12-8-18)13-9-20-5-3-4-6-21(20)24-2/h3-6,10,14,17-18H,7-9,11-13,15-16H2,1-2H3. The lowest BCUT2D eigenvalue weighted by molar-refractivity contribution is 0.153. The summed E-state index contributed by atoms with van der Waals surface area (Å²) >= 11 is 0. The number of likely N-dealkylation sites (tertiary alicyclic amines) is 1. The van der Waals surface area contributed by atoms with Gasteiger partial charge in [-0.25, -0.2) is 0 Å². The largest absolute Gasteiger partial charge is 0.496 e. The van der Waals surface area contributed by atoms with Crippen molar-refractivity contribution < 1.29 is 9.15 Å². The minimum absolute atomic E-state index is 0.805. The highest BCUT2D eigenvalue weighted by atomic mass is 16.5. The van der Waals surface area contributed by atoms with Gasteiger partial charge >= 0.3 is 0 Å². The van der Waals surface area contributed by atoms with Gasteiger partial charge < -0.3 is 19.0 Å². The fourth-order valence-electron chi connectivity index (χ4n) is 3.78. The number of rotatable bonds is 8. The first-order chi connectivity index (χ1) is 12.2. The topological polar surface area (TPSA) is 28.9 Å². The van der Waals surface area contributed by atoms with Crippen molar-refractivity contribution >= 4 is 0 Å². The van der Waals surface area contributed by atoms with E-state index in [9.17, 15) is 0 Å². The van der Waals surface area contributed by atoms with E-state index in [1.54, 1.807) is 13.4 Å². The second-order valence-electron chi connectivity index (χ2n) is 7.18. The van der Waals surface area contributed by atoms with Crippen LogP contribution in [0.4, 0.5) is 0 Å². The Morgan fingerprint density at radius 1 is 1.20 bits per heavy atom. The molecule has 0 bridgehead atoms. The Bertz CT molecular complexity index is 619. The molecule has 0 amide bonds. The average Bonchev–Trinajstić information content (AvgIpc) is 3.14. The van der Waals surface area contributed by atoms with E-state index in [1.165, 1.54) is 43.6 Å². The van der Waals surface area contributed by atoms with Crippen LogP contribution in [0, 0.1) is 5.92 Å². The van der Waals surface area contributed by atoms with Crippen LogP contribution in [0.2, 0.25) is 0 Å². The van der Waals surface area contributed by atoms with Crippen molar-refractivity contribution in [1.29, 1.82) is 0 Å². The molecule has 1 fully saturated rings. The minimum atomic E-state index is 0.805. The number of methoxy groups -OCH3 is 1. The summed E-state index contributed by atoms with van der Waals surface area (Å²) in [6, 6.07) is 10.4. The van der Waals surface area contributed by atoms with E-state index in [0.29, 0.717) is 0 Å². The lowest BCUT2D eigenvalue weighted by Gasteiger charge is -2.34. The number of para-hydroxylation sites is 1. The Balaban J connectivity index is 1.38. The smallest absolute Gasteiger partial charge is 0.122 e. The van der Waals surface area contributed by atoms with Crippen molar-refractivity contribution in [1.82, 2.24) is 9.80 Å². The molecule has 3 rings (SSSR count). The molecule has 0 unspecified atom stereocenters. The molecule has 0 saturated carbocycles. The Morgan fingerprint density at radius 2 is 2.00 bits per heavy atom. The summed E-state index contributed by atoms with van der Waals surface area (Å²) in [6.45, 7) is 5.69. The first-order valence-electron chi connectivity index (χ1n) is 9.28. The zero-order valence-electron chi connectivity index (χ0n) is 15.5. The zero-order chi connectivity index (χ0) is 17.5. The van der Waals surface area contributed by atoms with Crippen LogP contribution in [0.15, 0.2) is 47.3 Å². The molecule has 2 aromatic rings. The minimum Gasteiger partial charge on any atom is -0.496 e. The van der Waals surface area contributed by atoms with E-state index in [0.717, 1.165) is 31.2 Å². The molecule has 1 aliphatic heterocycles. The first kappa shape index (κ1) is 18.0. The third-order valence-electron chi connectivity index (χ3n) is 5.20. The number of ether oxygens (including phenoxy) is 1. The van der Waals surface area contributed by atoms with Crippen LogP contribution in [0.3, 0.4) is 0 Å². The van der Waals surface area contributed by atoms with Crippen molar-refractivity contribution in [3.05, 3.63) is 54.0 Å². The Hall–Kier alpha value is -1.78. The summed E-state index contributed by atoms with van der Waals surface area (Å²) in [4.78, 5) is 5.01. The molecule has 25 heavy (non-hydrogen) atoms. The van der Waals surface area contributed by atoms with Gasteiger partial charge in [-0.3, -0.25) is 0 Å². The molecule has 0 aliphatic carbocycles. The molecule has 4 nitrogen and oxygen atoms in total. The van der Waals surface area contributed by atoms with Crippen molar-refractivity contribution in [3.8, 4) is 5.75 Å². The Kier molecular flexibility index (Phi) is 6.54. The van der Waals surface area contributed by atoms with Gasteiger partial charge in [-0.05, 0) is 63.0 Å². The molecule has 0 N–H and O–H groups in total. The maximum absolute atomic E-state index is 5.46. The summed E-state index contributed by atoms with van der Waals surface area (Å²) in [5.74, 6) is 1.82. The van der Waals surface area contributed by atoms with E-state index in [4.69, 9.17) is 9.15 Å². The van der Waals surface area contributed by atoms with Crippen LogP contribution in [0.1, 0.15) is 24.0 Å². The fourth-order valence-corrected chi connectivity index (χ4v) is 3.78. The van der Waals surface area contributed by atoms with Crippen LogP contribution >= 0.6 is 0 Å². The van der Waals surface area contributed by atoms with E-state index < -0.39 is 0 Å². The van der Waals surface area contributed by atoms with Gasteiger partial charge in [0.15, 0.2) is 0 Å². The highest BCUT2D eigenvalue weighted by Gasteiger charge is 2.20. The average molecular weight is 342 g/mol. The van der Waals surface area contributed by atoms with E-state index in [-0.39, 0.29) is 0 Å². The maximum atomic E-state index is 5.46. The van der Waals surface area contributed by atoms with Crippen LogP contribution in [0.5, 0.6) is 5.75 Å². The summed E-state index contributed by atoms with van der Waals surface area (Å²) < 4.78 is 10.6. The number of hydrogen-bond donors (Lipinski definition) is 0. The quantitative estimate of drug-likeness (QED) is 0.732. The Labute approximate surface area is 151 Å². The molecule has 0 radical (unpaired) electrons. The molecular weight excluding hydrogens is 312 g/mol. The highest BCUT2D eigenvalue weighted by Crippen LogP contribution is 2.21. The molecule has 1 aliphatic rings. The summed E-state index contributed by atoms with van der Waals surface area (Å²) in [6.07, 6.45) is 7.25. The van der Waals surface area contributed by atoms with E-state index in [2.05, 4.69) is 41.1 Å². The van der Waals surface area contributed by atoms with Gasteiger partial charge in [0.1, 0.15) is 5.75 Å². The second-order valence-corrected chi connectivity index (χ2v) is 7.18. The Morgan fingerprint density at radius 3 is 2.72 bits per heavy atom. The van der Waals surface area contributed by atoms with Crippen LogP contribution in [0.25, 0.3) is 0 Å². The van der Waals surface area contributed by atoms with Crippen molar-refractivity contribution in [3.63, 3.8) is 0 Å². The van der Waals surface area contributed by atoms with Gasteiger partial charge in [0, 0.05) is 25.2 Å². The lowest BCUT2D eigenvalue weighted by atomic mass is 9.96. The monoisotopic (exact) mass is 342 g/mol. The molecular formula is C21H30N2O2. The van der Waals surface area contributed by atoms with Gasteiger partial charge in [0.05, 0.1) is 19.6 Å². The van der Waals surface area contributed by atoms with E-state index in [1.807, 2.05) is 12.3 Å². The molecule has 2 heterocycles. The summed E-state index contributed by atoms with van der Waals surface area (Å²) in [7, 11) is 3.96. The molecule has 0 spiro atoms. The third kappa shape index (κ3) is 5.35. The van der Waals surface area contributed by atoms with Gasteiger partial charge in [0.2, 0.25) is 0 Å². The number of nitrogens with zero attached hydrogens (tertiary/aromatic N) is 2. The molecule has 1 saturated heterocycles. The molecule has 1 aromatic carbocycles. The van der Waals surface area contributed by atoms with Crippen LogP contribution in [-0.4, -0.2) is 50.1 Å². The first-order valence-corrected chi connectivity index (χ1v) is 9.28. The number of piperidine rings is 1. The predicted octanol–water partition coefficient (Wildman–Crippen LogP) is 3.67. The number of furan rings is 1. The fraction of sp³-hybridized carbons (Fsp3) is 0.524. The summed E-state index contributed by atoms with van der Waals surface area (Å²) in [5.41, 5.74) is 2.57. The third-order valence-corrected chi connectivity index (χ3v) is 5.20. The SMILES string of the molecule is COc1ccccc1CCN1CCC(CN(C)Cc2ccoc2)CC1. The molecule has 0 atom stereocenters. The normalized spacial score (nSPS) is 16.4. The number of hydrogen-bond acceptors (Lipinski definition) is 4. The second kappa shape index (κ2) is 9.07. The highest BCUT2D eigenvalue weighted by molar-refractivity contribution is 5.33. The van der Waals surface area contributed by atoms with Gasteiger partial charge in [-0.15, -0.1) is 0 Å². The van der Waals surface area contributed by atoms with Crippen molar-refractivity contribution in [2.45, 2.75) is 25.8 Å². The van der Waals surface area contributed by atoms with Gasteiger partial charge in [0.25, 0.3) is 0 Å². The van der Waals surface area contributed by atoms with Crippen LogP contribution in [-0.2, 0) is 13.0 Å². The van der Waals surface area contributed by atoms with Gasteiger partial charge in [-0.2, -0.15) is 0 Å². The predicted molar refractivity (Wildman–Crippen MR) is 101 cm³/mol. The zero-order valence-corrected chi connectivity index (χ0v) is 15.5. The lowest BCUT2D eigenvalue weighted by Crippen LogP contribution is -2.38. The maximum Gasteiger partial charge on any atom is 0.122 e. The number of benzene rings is 1.